The van der Waals surface area contributed by atoms with Gasteiger partial charge in [0.15, 0.2) is 0 Å². The lowest BCUT2D eigenvalue weighted by molar-refractivity contribution is 0.458. The van der Waals surface area contributed by atoms with E-state index in [2.05, 4.69) is 11.1 Å². The molecule has 1 aromatic heterocycles. The maximum atomic E-state index is 5.84. The number of nitrogens with two attached hydrogens (primary N) is 1. The number of halogens is 1. The van der Waals surface area contributed by atoms with E-state index in [4.69, 9.17) is 22.1 Å². The van der Waals surface area contributed by atoms with Crippen LogP contribution < -0.4 is 10.5 Å². The minimum atomic E-state index is 0.385. The molecule has 0 unspecified atom stereocenters. The van der Waals surface area contributed by atoms with Crippen LogP contribution in [0.25, 0.3) is 0 Å². The van der Waals surface area contributed by atoms with Crippen LogP contribution in [0, 0.1) is 20.8 Å². The van der Waals surface area contributed by atoms with Crippen molar-refractivity contribution in [2.45, 2.75) is 20.8 Å². The van der Waals surface area contributed by atoms with E-state index in [-0.39, 0.29) is 0 Å². The zero-order valence-corrected chi connectivity index (χ0v) is 11.4. The molecule has 0 aliphatic carbocycles. The van der Waals surface area contributed by atoms with Gasteiger partial charge in [0.2, 0.25) is 5.88 Å². The van der Waals surface area contributed by atoms with Crippen molar-refractivity contribution in [3.05, 3.63) is 46.1 Å². The molecule has 0 radical (unpaired) electrons. The molecule has 4 heteroatoms. The number of aryl methyl sites for hydroxylation is 2. The molecule has 0 fully saturated rings. The van der Waals surface area contributed by atoms with Gasteiger partial charge in [-0.3, -0.25) is 0 Å². The van der Waals surface area contributed by atoms with Gasteiger partial charge >= 0.3 is 0 Å². The van der Waals surface area contributed by atoms with E-state index in [9.17, 15) is 0 Å². The van der Waals surface area contributed by atoms with Gasteiger partial charge in [-0.25, -0.2) is 4.98 Å². The summed E-state index contributed by atoms with van der Waals surface area (Å²) < 4.78 is 5.81. The fourth-order valence-electron chi connectivity index (χ4n) is 1.71. The molecule has 0 aliphatic rings. The van der Waals surface area contributed by atoms with Crippen molar-refractivity contribution < 1.29 is 4.74 Å². The van der Waals surface area contributed by atoms with Gasteiger partial charge in [0.05, 0.1) is 10.7 Å². The number of hydrogen-bond donors (Lipinski definition) is 1. The summed E-state index contributed by atoms with van der Waals surface area (Å²) in [7, 11) is 0. The Balaban J connectivity index is 2.43. The minimum absolute atomic E-state index is 0.385. The molecule has 0 saturated carbocycles. The van der Waals surface area contributed by atoms with Crippen LogP contribution >= 0.6 is 11.6 Å². The van der Waals surface area contributed by atoms with E-state index in [1.54, 1.807) is 6.07 Å². The van der Waals surface area contributed by atoms with Gasteiger partial charge in [0, 0.05) is 6.20 Å². The summed E-state index contributed by atoms with van der Waals surface area (Å²) in [5.74, 6) is 1.19. The third kappa shape index (κ3) is 2.41. The molecule has 0 atom stereocenters. The highest BCUT2D eigenvalue weighted by atomic mass is 35.5. The lowest BCUT2D eigenvalue weighted by atomic mass is 10.1. The number of pyridine rings is 1. The second kappa shape index (κ2) is 4.86. The number of rotatable bonds is 2. The van der Waals surface area contributed by atoms with Crippen molar-refractivity contribution >= 4 is 17.3 Å². The van der Waals surface area contributed by atoms with Crippen LogP contribution in [0.15, 0.2) is 24.4 Å². The van der Waals surface area contributed by atoms with Crippen molar-refractivity contribution in [1.82, 2.24) is 4.98 Å². The Morgan fingerprint density at radius 2 is 1.83 bits per heavy atom. The molecule has 2 N–H and O–H groups in total. The molecule has 0 bridgehead atoms. The highest BCUT2D eigenvalue weighted by Gasteiger charge is 2.10. The van der Waals surface area contributed by atoms with Crippen molar-refractivity contribution in [2.24, 2.45) is 0 Å². The fraction of sp³-hybridized carbons (Fsp3) is 0.214. The number of ether oxygens (including phenoxy) is 1. The molecule has 0 saturated heterocycles. The fourth-order valence-corrected chi connectivity index (χ4v) is 1.87. The number of hydrogen-bond acceptors (Lipinski definition) is 3. The Hall–Kier alpha value is -1.74. The maximum absolute atomic E-state index is 5.84. The van der Waals surface area contributed by atoms with Crippen LogP contribution in [0.5, 0.6) is 11.6 Å². The zero-order chi connectivity index (χ0) is 13.3. The van der Waals surface area contributed by atoms with Crippen LogP contribution in [0.2, 0.25) is 5.02 Å². The zero-order valence-electron chi connectivity index (χ0n) is 10.6. The van der Waals surface area contributed by atoms with Gasteiger partial charge in [-0.15, -0.1) is 0 Å². The largest absolute Gasteiger partial charge is 0.437 e. The van der Waals surface area contributed by atoms with E-state index in [1.165, 1.54) is 11.8 Å². The van der Waals surface area contributed by atoms with Crippen LogP contribution in [0.1, 0.15) is 16.7 Å². The smallest absolute Gasteiger partial charge is 0.242 e. The quantitative estimate of drug-likeness (QED) is 0.889. The molecule has 0 aliphatic heterocycles. The number of nitrogens with zero attached hydrogens (tertiary/aromatic N) is 1. The Labute approximate surface area is 112 Å². The summed E-state index contributed by atoms with van der Waals surface area (Å²) in [6, 6.07) is 5.71. The van der Waals surface area contributed by atoms with Gasteiger partial charge in [0.1, 0.15) is 5.75 Å². The summed E-state index contributed by atoms with van der Waals surface area (Å²) >= 11 is 5.81. The van der Waals surface area contributed by atoms with E-state index in [0.717, 1.165) is 16.9 Å². The second-order valence-electron chi connectivity index (χ2n) is 4.30. The molecule has 18 heavy (non-hydrogen) atoms. The van der Waals surface area contributed by atoms with Crippen LogP contribution in [-0.2, 0) is 0 Å². The first-order valence-electron chi connectivity index (χ1n) is 5.64. The first-order chi connectivity index (χ1) is 8.49. The molecule has 3 nitrogen and oxygen atoms in total. The average molecular weight is 263 g/mol. The molecular weight excluding hydrogens is 248 g/mol. The van der Waals surface area contributed by atoms with Crippen molar-refractivity contribution in [2.75, 3.05) is 5.73 Å². The third-order valence-corrected chi connectivity index (χ3v) is 3.12. The Morgan fingerprint density at radius 3 is 2.50 bits per heavy atom. The average Bonchev–Trinajstić information content (AvgIpc) is 2.32. The standard InChI is InChI=1S/C14H15ClN2O/c1-8-4-5-9(2)13(10(8)3)18-14-12(16)6-11(15)7-17-14/h4-7H,16H2,1-3H3. The monoisotopic (exact) mass is 262 g/mol. The van der Waals surface area contributed by atoms with Crippen molar-refractivity contribution in [3.63, 3.8) is 0 Å². The number of anilines is 1. The van der Waals surface area contributed by atoms with E-state index >= 15 is 0 Å². The lowest BCUT2D eigenvalue weighted by Gasteiger charge is -2.14. The number of aromatic nitrogens is 1. The maximum Gasteiger partial charge on any atom is 0.242 e. The normalized spacial score (nSPS) is 10.4. The number of benzene rings is 1. The van der Waals surface area contributed by atoms with Crippen LogP contribution in [0.3, 0.4) is 0 Å². The second-order valence-corrected chi connectivity index (χ2v) is 4.74. The summed E-state index contributed by atoms with van der Waals surface area (Å²) in [5, 5.41) is 0.498. The van der Waals surface area contributed by atoms with E-state index in [0.29, 0.717) is 16.6 Å². The Kier molecular flexibility index (Phi) is 3.43. The van der Waals surface area contributed by atoms with Gasteiger partial charge in [-0.05, 0) is 43.5 Å². The summed E-state index contributed by atoms with van der Waals surface area (Å²) in [5.41, 5.74) is 9.58. The molecule has 0 amide bonds. The SMILES string of the molecule is Cc1ccc(C)c(Oc2ncc(Cl)cc2N)c1C. The van der Waals surface area contributed by atoms with Crippen molar-refractivity contribution in [1.29, 1.82) is 0 Å². The van der Waals surface area contributed by atoms with Crippen LogP contribution in [0.4, 0.5) is 5.69 Å². The molecule has 2 aromatic rings. The number of nitrogen functional groups attached to an aromatic ring is 1. The lowest BCUT2D eigenvalue weighted by Crippen LogP contribution is -1.98. The molecule has 0 spiro atoms. The summed E-state index contributed by atoms with van der Waals surface area (Å²) in [6.07, 6.45) is 1.52. The van der Waals surface area contributed by atoms with E-state index in [1.807, 2.05) is 26.8 Å². The molecular formula is C14H15ClN2O. The van der Waals surface area contributed by atoms with E-state index < -0.39 is 0 Å². The van der Waals surface area contributed by atoms with Gasteiger partial charge in [-0.1, -0.05) is 23.7 Å². The Morgan fingerprint density at radius 1 is 1.17 bits per heavy atom. The molecule has 1 aromatic carbocycles. The van der Waals surface area contributed by atoms with Crippen molar-refractivity contribution in [3.8, 4) is 11.6 Å². The first-order valence-corrected chi connectivity index (χ1v) is 6.02. The van der Waals surface area contributed by atoms with Gasteiger partial charge in [0.25, 0.3) is 0 Å². The van der Waals surface area contributed by atoms with Gasteiger partial charge < -0.3 is 10.5 Å². The van der Waals surface area contributed by atoms with Crippen LogP contribution in [-0.4, -0.2) is 4.98 Å². The Bertz CT molecular complexity index is 597. The summed E-state index contributed by atoms with van der Waals surface area (Å²) in [6.45, 7) is 6.05. The highest BCUT2D eigenvalue weighted by Crippen LogP contribution is 2.32. The molecule has 2 rings (SSSR count). The summed E-state index contributed by atoms with van der Waals surface area (Å²) in [4.78, 5) is 4.11. The highest BCUT2D eigenvalue weighted by molar-refractivity contribution is 6.30. The topological polar surface area (TPSA) is 48.1 Å². The predicted octanol–water partition coefficient (Wildman–Crippen LogP) is 4.03. The molecule has 1 heterocycles. The predicted molar refractivity (Wildman–Crippen MR) is 74.4 cm³/mol. The first kappa shape index (κ1) is 12.7. The minimum Gasteiger partial charge on any atom is -0.437 e. The van der Waals surface area contributed by atoms with Gasteiger partial charge in [-0.2, -0.15) is 0 Å². The third-order valence-electron chi connectivity index (χ3n) is 2.92. The molecule has 94 valence electrons.